The molecular weight excluding hydrogens is 199 g/mol. The first-order chi connectivity index (χ1) is 6.70. The molecule has 0 radical (unpaired) electrons. The van der Waals surface area contributed by atoms with Gasteiger partial charge in [-0.2, -0.15) is 0 Å². The van der Waals surface area contributed by atoms with Gasteiger partial charge in [-0.25, -0.2) is 4.39 Å². The van der Waals surface area contributed by atoms with Crippen molar-refractivity contribution in [3.8, 4) is 0 Å². The van der Waals surface area contributed by atoms with Crippen molar-refractivity contribution >= 4 is 10.8 Å². The summed E-state index contributed by atoms with van der Waals surface area (Å²) >= 11 is 0. The normalized spacial score (nSPS) is 35.6. The molecule has 0 spiro atoms. The predicted molar refractivity (Wildman–Crippen MR) is 52.9 cm³/mol. The topological polar surface area (TPSA) is 17.1 Å². The lowest BCUT2D eigenvalue weighted by Crippen LogP contribution is -2.60. The largest absolute Gasteiger partial charge is 0.254 e. The summed E-state index contributed by atoms with van der Waals surface area (Å²) in [4.78, 5) is 0.782. The molecule has 3 aliphatic carbocycles. The summed E-state index contributed by atoms with van der Waals surface area (Å²) in [6.45, 7) is 0. The third kappa shape index (κ3) is 1.02. The Hall–Kier alpha value is -0.700. The molecule has 1 unspecified atom stereocenters. The predicted octanol–water partition coefficient (Wildman–Crippen LogP) is 2.49. The second-order valence-corrected chi connectivity index (χ2v) is 6.26. The number of halogens is 1. The van der Waals surface area contributed by atoms with Crippen LogP contribution < -0.4 is 0 Å². The lowest BCUT2D eigenvalue weighted by Gasteiger charge is -2.60. The fraction of sp³-hybridized carbons (Fsp3) is 0.455. The van der Waals surface area contributed by atoms with Gasteiger partial charge in [0.25, 0.3) is 0 Å². The van der Waals surface area contributed by atoms with E-state index in [4.69, 9.17) is 0 Å². The van der Waals surface area contributed by atoms with Gasteiger partial charge in [-0.3, -0.25) is 4.21 Å². The molecule has 0 N–H and O–H groups in total. The Balaban J connectivity index is 1.88. The fourth-order valence-corrected chi connectivity index (χ4v) is 4.48. The van der Waals surface area contributed by atoms with Crippen LogP contribution in [0, 0.1) is 11.7 Å². The highest BCUT2D eigenvalue weighted by Crippen LogP contribution is 2.61. The van der Waals surface area contributed by atoms with Crippen LogP contribution in [-0.4, -0.2) is 8.96 Å². The maximum atomic E-state index is 12.7. The average Bonchev–Trinajstić information content (AvgIpc) is 1.99. The minimum atomic E-state index is -0.916. The zero-order chi connectivity index (χ0) is 9.76. The summed E-state index contributed by atoms with van der Waals surface area (Å²) in [6.07, 6.45) is 3.32. The van der Waals surface area contributed by atoms with Gasteiger partial charge in [-0.05, 0) is 49.4 Å². The maximum Gasteiger partial charge on any atom is 0.123 e. The van der Waals surface area contributed by atoms with E-state index in [-0.39, 0.29) is 10.6 Å². The Bertz CT molecular complexity index is 381. The van der Waals surface area contributed by atoms with Crippen LogP contribution in [0.4, 0.5) is 4.39 Å². The van der Waals surface area contributed by atoms with Crippen LogP contribution in [-0.2, 0) is 10.8 Å². The molecule has 0 aromatic heterocycles. The maximum absolute atomic E-state index is 12.7. The molecule has 0 saturated heterocycles. The van der Waals surface area contributed by atoms with E-state index in [1.807, 2.05) is 0 Å². The zero-order valence-electron chi connectivity index (χ0n) is 7.70. The van der Waals surface area contributed by atoms with Crippen molar-refractivity contribution in [3.05, 3.63) is 30.1 Å². The highest BCUT2D eigenvalue weighted by Gasteiger charge is 2.60. The Kier molecular flexibility index (Phi) is 1.63. The molecule has 1 aromatic carbocycles. The van der Waals surface area contributed by atoms with Gasteiger partial charge in [0.05, 0.1) is 15.5 Å². The molecule has 74 valence electrons. The highest BCUT2D eigenvalue weighted by atomic mass is 32.2. The second-order valence-electron chi connectivity index (χ2n) is 4.38. The van der Waals surface area contributed by atoms with Crippen LogP contribution in [0.15, 0.2) is 29.2 Å². The summed E-state index contributed by atoms with van der Waals surface area (Å²) in [5.41, 5.74) is 0. The van der Waals surface area contributed by atoms with E-state index in [1.165, 1.54) is 12.1 Å². The van der Waals surface area contributed by atoms with Crippen molar-refractivity contribution in [2.45, 2.75) is 28.9 Å². The Morgan fingerprint density at radius 3 is 2.21 bits per heavy atom. The van der Waals surface area contributed by atoms with Crippen molar-refractivity contribution in [3.63, 3.8) is 0 Å². The lowest BCUT2D eigenvalue weighted by molar-refractivity contribution is 0.0531. The first-order valence-corrected chi connectivity index (χ1v) is 6.02. The van der Waals surface area contributed by atoms with E-state index in [9.17, 15) is 8.60 Å². The smallest absolute Gasteiger partial charge is 0.123 e. The molecule has 2 bridgehead atoms. The van der Waals surface area contributed by atoms with Gasteiger partial charge in [0.15, 0.2) is 0 Å². The fourth-order valence-electron chi connectivity index (χ4n) is 2.43. The van der Waals surface area contributed by atoms with Crippen molar-refractivity contribution in [1.82, 2.24) is 0 Å². The summed E-state index contributed by atoms with van der Waals surface area (Å²) in [6, 6.07) is 6.06. The summed E-state index contributed by atoms with van der Waals surface area (Å²) in [5, 5.41) is 0. The summed E-state index contributed by atoms with van der Waals surface area (Å²) in [7, 11) is -0.916. The van der Waals surface area contributed by atoms with Crippen LogP contribution >= 0.6 is 0 Å². The van der Waals surface area contributed by atoms with Gasteiger partial charge >= 0.3 is 0 Å². The molecular formula is C11H11FOS. The van der Waals surface area contributed by atoms with E-state index in [2.05, 4.69) is 0 Å². The Morgan fingerprint density at radius 2 is 1.79 bits per heavy atom. The lowest BCUT2D eigenvalue weighted by atomic mass is 9.55. The molecule has 3 aliphatic rings. The third-order valence-corrected chi connectivity index (χ3v) is 5.39. The van der Waals surface area contributed by atoms with Gasteiger partial charge in [-0.1, -0.05) is 0 Å². The molecule has 3 fully saturated rings. The van der Waals surface area contributed by atoms with Crippen LogP contribution in [0.25, 0.3) is 0 Å². The van der Waals surface area contributed by atoms with Crippen LogP contribution in [0.2, 0.25) is 0 Å². The molecule has 14 heavy (non-hydrogen) atoms. The third-order valence-electron chi connectivity index (χ3n) is 3.40. The van der Waals surface area contributed by atoms with E-state index >= 15 is 0 Å². The molecule has 1 aromatic rings. The van der Waals surface area contributed by atoms with E-state index in [0.717, 1.165) is 30.1 Å². The van der Waals surface area contributed by atoms with Crippen molar-refractivity contribution in [2.75, 3.05) is 0 Å². The number of benzene rings is 1. The van der Waals surface area contributed by atoms with Gasteiger partial charge < -0.3 is 0 Å². The minimum Gasteiger partial charge on any atom is -0.254 e. The van der Waals surface area contributed by atoms with Crippen molar-refractivity contribution in [2.24, 2.45) is 5.92 Å². The van der Waals surface area contributed by atoms with Crippen LogP contribution in [0.3, 0.4) is 0 Å². The van der Waals surface area contributed by atoms with E-state index in [0.29, 0.717) is 0 Å². The van der Waals surface area contributed by atoms with E-state index in [1.54, 1.807) is 12.1 Å². The molecule has 3 heteroatoms. The van der Waals surface area contributed by atoms with Crippen LogP contribution in [0.1, 0.15) is 19.3 Å². The SMILES string of the molecule is O=S(c1ccc(F)cc1)C12CC(C1)C2. The van der Waals surface area contributed by atoms with Crippen LogP contribution in [0.5, 0.6) is 0 Å². The van der Waals surface area contributed by atoms with Gasteiger partial charge in [0.2, 0.25) is 0 Å². The van der Waals surface area contributed by atoms with Crippen molar-refractivity contribution in [1.29, 1.82) is 0 Å². The average molecular weight is 210 g/mol. The summed E-state index contributed by atoms with van der Waals surface area (Å²) < 4.78 is 24.8. The number of rotatable bonds is 2. The quantitative estimate of drug-likeness (QED) is 0.733. The monoisotopic (exact) mass is 210 g/mol. The standard InChI is InChI=1S/C11H11FOS/c12-9-1-3-10(4-2-9)14(13)11-5-8(6-11)7-11/h1-4,8H,5-7H2. The molecule has 1 nitrogen and oxygen atoms in total. The zero-order valence-corrected chi connectivity index (χ0v) is 8.52. The van der Waals surface area contributed by atoms with Gasteiger partial charge in [-0.15, -0.1) is 0 Å². The second kappa shape index (κ2) is 2.66. The minimum absolute atomic E-state index is 0.0719. The Labute approximate surface area is 84.8 Å². The highest BCUT2D eigenvalue weighted by molar-refractivity contribution is 7.86. The molecule has 0 heterocycles. The molecule has 4 rings (SSSR count). The van der Waals surface area contributed by atoms with Crippen molar-refractivity contribution < 1.29 is 8.60 Å². The first kappa shape index (κ1) is 8.60. The molecule has 3 saturated carbocycles. The molecule has 1 atom stereocenters. The first-order valence-electron chi connectivity index (χ1n) is 4.87. The van der Waals surface area contributed by atoms with Gasteiger partial charge in [0.1, 0.15) is 5.82 Å². The molecule has 0 aliphatic heterocycles. The molecule has 0 amide bonds. The number of hydrogen-bond acceptors (Lipinski definition) is 1. The Morgan fingerprint density at radius 1 is 1.21 bits per heavy atom. The van der Waals surface area contributed by atoms with Gasteiger partial charge in [0, 0.05) is 4.90 Å². The summed E-state index contributed by atoms with van der Waals surface area (Å²) in [5.74, 6) is 0.572. The van der Waals surface area contributed by atoms with E-state index < -0.39 is 10.8 Å². The number of hydrogen-bond donors (Lipinski definition) is 0.